The molecule has 0 amide bonds. The van der Waals surface area contributed by atoms with Crippen molar-refractivity contribution in [1.29, 1.82) is 0 Å². The molecule has 1 aliphatic heterocycles. The lowest BCUT2D eigenvalue weighted by Gasteiger charge is -2.26. The molecular formula is C20H21F3N6O2. The molecule has 0 radical (unpaired) electrons. The monoisotopic (exact) mass is 434 g/mol. The molecule has 4 rings (SSSR count). The van der Waals surface area contributed by atoms with Gasteiger partial charge in [0.25, 0.3) is 5.56 Å². The van der Waals surface area contributed by atoms with Gasteiger partial charge in [0.15, 0.2) is 0 Å². The standard InChI is InChI=1S/C20H21F3N6O2/c21-20(22,23)13-2-1-3-14(12-13)26-17-16-15(4-5-24-18(16)30)27-19(28-17)25-6-7-29-8-10-31-11-9-29/h1-5,12H,6-11H2,(H,24,30)(H2,25,26,27,28). The lowest BCUT2D eigenvalue weighted by atomic mass is 10.2. The Labute approximate surface area is 175 Å². The summed E-state index contributed by atoms with van der Waals surface area (Å²) < 4.78 is 44.5. The number of pyridine rings is 1. The minimum Gasteiger partial charge on any atom is -0.379 e. The minimum absolute atomic E-state index is 0.125. The average Bonchev–Trinajstić information content (AvgIpc) is 2.74. The predicted molar refractivity (Wildman–Crippen MR) is 111 cm³/mol. The number of alkyl halides is 3. The summed E-state index contributed by atoms with van der Waals surface area (Å²) in [5.41, 5.74) is -0.695. The molecule has 0 unspecified atom stereocenters. The van der Waals surface area contributed by atoms with Crippen molar-refractivity contribution in [2.45, 2.75) is 6.18 Å². The summed E-state index contributed by atoms with van der Waals surface area (Å²) in [5, 5.41) is 6.14. The van der Waals surface area contributed by atoms with Crippen molar-refractivity contribution in [3.05, 3.63) is 52.4 Å². The summed E-state index contributed by atoms with van der Waals surface area (Å²) in [4.78, 5) is 25.9. The fourth-order valence-electron chi connectivity index (χ4n) is 3.32. The molecule has 2 aromatic heterocycles. The van der Waals surface area contributed by atoms with Gasteiger partial charge >= 0.3 is 6.18 Å². The SMILES string of the molecule is O=c1[nH]ccc2nc(NCCN3CCOCC3)nc(Nc3cccc(C(F)(F)F)c3)c12. The molecule has 1 aliphatic rings. The van der Waals surface area contributed by atoms with Crippen molar-refractivity contribution >= 4 is 28.4 Å². The lowest BCUT2D eigenvalue weighted by molar-refractivity contribution is -0.137. The van der Waals surface area contributed by atoms with Gasteiger partial charge in [-0.3, -0.25) is 9.69 Å². The maximum Gasteiger partial charge on any atom is 0.416 e. The largest absolute Gasteiger partial charge is 0.416 e. The average molecular weight is 434 g/mol. The van der Waals surface area contributed by atoms with Gasteiger partial charge in [0.1, 0.15) is 11.2 Å². The van der Waals surface area contributed by atoms with Gasteiger partial charge in [-0.1, -0.05) is 6.07 Å². The molecule has 1 aromatic carbocycles. The van der Waals surface area contributed by atoms with Gasteiger partial charge in [0, 0.05) is 38.1 Å². The highest BCUT2D eigenvalue weighted by Gasteiger charge is 2.30. The van der Waals surface area contributed by atoms with E-state index in [2.05, 4.69) is 30.5 Å². The summed E-state index contributed by atoms with van der Waals surface area (Å²) in [6.07, 6.45) is -3.02. The first kappa shape index (κ1) is 21.1. The number of ether oxygens (including phenoxy) is 1. The quantitative estimate of drug-likeness (QED) is 0.549. The Morgan fingerprint density at radius 3 is 2.74 bits per heavy atom. The third kappa shape index (κ3) is 5.12. The van der Waals surface area contributed by atoms with Gasteiger partial charge in [0.05, 0.1) is 24.3 Å². The van der Waals surface area contributed by atoms with Crippen molar-refractivity contribution in [2.24, 2.45) is 0 Å². The number of H-pyrrole nitrogens is 1. The minimum atomic E-state index is -4.48. The van der Waals surface area contributed by atoms with E-state index in [4.69, 9.17) is 4.74 Å². The van der Waals surface area contributed by atoms with Gasteiger partial charge in [-0.15, -0.1) is 0 Å². The topological polar surface area (TPSA) is 95.2 Å². The van der Waals surface area contributed by atoms with Crippen LogP contribution in [0.3, 0.4) is 0 Å². The molecule has 3 aromatic rings. The summed E-state index contributed by atoms with van der Waals surface area (Å²) in [5.74, 6) is 0.404. The Morgan fingerprint density at radius 2 is 1.97 bits per heavy atom. The van der Waals surface area contributed by atoms with Gasteiger partial charge in [-0.2, -0.15) is 18.2 Å². The van der Waals surface area contributed by atoms with Crippen LogP contribution in [0.25, 0.3) is 10.9 Å². The fourth-order valence-corrected chi connectivity index (χ4v) is 3.32. The zero-order chi connectivity index (χ0) is 21.8. The highest BCUT2D eigenvalue weighted by atomic mass is 19.4. The third-order valence-electron chi connectivity index (χ3n) is 4.89. The number of fused-ring (bicyclic) bond motifs is 1. The number of hydrogen-bond donors (Lipinski definition) is 3. The van der Waals surface area contributed by atoms with Crippen LogP contribution in [0.15, 0.2) is 41.3 Å². The first-order chi connectivity index (χ1) is 14.9. The first-order valence-corrected chi connectivity index (χ1v) is 9.78. The molecule has 3 heterocycles. The molecule has 164 valence electrons. The highest BCUT2D eigenvalue weighted by Crippen LogP contribution is 2.32. The second-order valence-corrected chi connectivity index (χ2v) is 7.05. The molecule has 8 nitrogen and oxygen atoms in total. The van der Waals surface area contributed by atoms with Crippen molar-refractivity contribution in [1.82, 2.24) is 19.9 Å². The van der Waals surface area contributed by atoms with Crippen LogP contribution in [0.5, 0.6) is 0 Å². The number of nitrogens with zero attached hydrogens (tertiary/aromatic N) is 3. The van der Waals surface area contributed by atoms with Gasteiger partial charge in [-0.25, -0.2) is 4.98 Å². The van der Waals surface area contributed by atoms with E-state index >= 15 is 0 Å². The first-order valence-electron chi connectivity index (χ1n) is 9.78. The molecule has 11 heteroatoms. The number of nitrogens with one attached hydrogen (secondary N) is 3. The second kappa shape index (κ2) is 8.90. The van der Waals surface area contributed by atoms with Crippen LogP contribution in [0.1, 0.15) is 5.56 Å². The predicted octanol–water partition coefficient (Wildman–Crippen LogP) is 2.82. The van der Waals surface area contributed by atoms with Crippen molar-refractivity contribution < 1.29 is 17.9 Å². The van der Waals surface area contributed by atoms with Crippen LogP contribution in [0.2, 0.25) is 0 Å². The normalized spacial score (nSPS) is 15.2. The van der Waals surface area contributed by atoms with E-state index in [0.29, 0.717) is 25.3 Å². The van der Waals surface area contributed by atoms with E-state index < -0.39 is 17.3 Å². The maximum atomic E-state index is 13.1. The number of morpholine rings is 1. The van der Waals surface area contributed by atoms with Crippen molar-refractivity contribution in [3.8, 4) is 0 Å². The number of rotatable bonds is 6. The van der Waals surface area contributed by atoms with E-state index in [0.717, 1.165) is 31.8 Å². The van der Waals surface area contributed by atoms with E-state index in [1.165, 1.54) is 18.3 Å². The van der Waals surface area contributed by atoms with Gasteiger partial charge in [-0.05, 0) is 24.3 Å². The Balaban J connectivity index is 1.60. The summed E-state index contributed by atoms with van der Waals surface area (Å²) in [7, 11) is 0. The Hall–Kier alpha value is -3.18. The molecule has 0 spiro atoms. The number of aromatic amines is 1. The molecule has 0 atom stereocenters. The summed E-state index contributed by atoms with van der Waals surface area (Å²) >= 11 is 0. The van der Waals surface area contributed by atoms with Crippen LogP contribution < -0.4 is 16.2 Å². The van der Waals surface area contributed by atoms with E-state index in [1.807, 2.05) is 0 Å². The van der Waals surface area contributed by atoms with Crippen molar-refractivity contribution in [2.75, 3.05) is 50.0 Å². The number of hydrogen-bond acceptors (Lipinski definition) is 7. The zero-order valence-electron chi connectivity index (χ0n) is 16.5. The number of anilines is 3. The summed E-state index contributed by atoms with van der Waals surface area (Å²) in [6.45, 7) is 4.41. The van der Waals surface area contributed by atoms with Crippen LogP contribution in [0, 0.1) is 0 Å². The molecule has 0 bridgehead atoms. The smallest absolute Gasteiger partial charge is 0.379 e. The molecule has 0 saturated carbocycles. The van der Waals surface area contributed by atoms with E-state index in [1.54, 1.807) is 6.07 Å². The maximum absolute atomic E-state index is 13.1. The van der Waals surface area contributed by atoms with Crippen LogP contribution in [-0.2, 0) is 10.9 Å². The van der Waals surface area contributed by atoms with Crippen molar-refractivity contribution in [3.63, 3.8) is 0 Å². The Bertz CT molecular complexity index is 1110. The number of halogens is 3. The molecule has 1 saturated heterocycles. The van der Waals surface area contributed by atoms with Crippen LogP contribution in [-0.4, -0.2) is 59.2 Å². The molecule has 31 heavy (non-hydrogen) atoms. The molecule has 0 aliphatic carbocycles. The third-order valence-corrected chi connectivity index (χ3v) is 4.89. The van der Waals surface area contributed by atoms with E-state index in [9.17, 15) is 18.0 Å². The number of benzene rings is 1. The second-order valence-electron chi connectivity index (χ2n) is 7.05. The Kier molecular flexibility index (Phi) is 6.05. The van der Waals surface area contributed by atoms with Crippen LogP contribution >= 0.6 is 0 Å². The molecule has 3 N–H and O–H groups in total. The van der Waals surface area contributed by atoms with Crippen LogP contribution in [0.4, 0.5) is 30.6 Å². The van der Waals surface area contributed by atoms with E-state index in [-0.39, 0.29) is 22.8 Å². The Morgan fingerprint density at radius 1 is 1.16 bits per heavy atom. The molecular weight excluding hydrogens is 413 g/mol. The summed E-state index contributed by atoms with van der Waals surface area (Å²) in [6, 6.07) is 6.33. The highest BCUT2D eigenvalue weighted by molar-refractivity contribution is 5.90. The van der Waals surface area contributed by atoms with Gasteiger partial charge < -0.3 is 20.4 Å². The fraction of sp³-hybridized carbons (Fsp3) is 0.350. The zero-order valence-corrected chi connectivity index (χ0v) is 16.5. The lowest BCUT2D eigenvalue weighted by Crippen LogP contribution is -2.39. The van der Waals surface area contributed by atoms with Gasteiger partial charge in [0.2, 0.25) is 5.95 Å². The number of aromatic nitrogens is 3. The molecule has 1 fully saturated rings.